The molecule has 0 saturated heterocycles. The maximum atomic E-state index is 12.9. The Kier molecular flexibility index (Phi) is 5.74. The molecule has 0 unspecified atom stereocenters. The predicted octanol–water partition coefficient (Wildman–Crippen LogP) is 2.32. The van der Waals surface area contributed by atoms with E-state index in [1.54, 1.807) is 5.38 Å². The molecule has 28 heavy (non-hydrogen) atoms. The minimum absolute atomic E-state index is 0.0310. The lowest BCUT2D eigenvalue weighted by Gasteiger charge is -2.19. The molecule has 2 heterocycles. The Morgan fingerprint density at radius 1 is 1.29 bits per heavy atom. The molecule has 0 fully saturated rings. The van der Waals surface area contributed by atoms with Crippen molar-refractivity contribution >= 4 is 28.7 Å². The van der Waals surface area contributed by atoms with E-state index in [1.807, 2.05) is 37.3 Å². The third-order valence-corrected chi connectivity index (χ3v) is 5.22. The molecule has 0 bridgehead atoms. The summed E-state index contributed by atoms with van der Waals surface area (Å²) in [5.41, 5.74) is 5.83. The van der Waals surface area contributed by atoms with Crippen LogP contribution in [0.4, 0.5) is 11.5 Å². The number of hydrogen-bond acceptors (Lipinski definition) is 6. The van der Waals surface area contributed by atoms with Crippen LogP contribution < -0.4 is 21.9 Å². The van der Waals surface area contributed by atoms with Gasteiger partial charge in [-0.2, -0.15) is 0 Å². The zero-order valence-electron chi connectivity index (χ0n) is 15.6. The van der Waals surface area contributed by atoms with Gasteiger partial charge in [0, 0.05) is 24.5 Å². The first-order valence-electron chi connectivity index (χ1n) is 8.85. The molecule has 0 spiro atoms. The Balaban J connectivity index is 1.95. The SMILES string of the molecule is CCCCn1c(N)c(N(C)C(=O)c2csc(-c3ccccc3)n2)c(=O)[nH]c1=O. The van der Waals surface area contributed by atoms with Gasteiger partial charge in [-0.1, -0.05) is 43.7 Å². The van der Waals surface area contributed by atoms with Gasteiger partial charge in [-0.3, -0.25) is 19.1 Å². The smallest absolute Gasteiger partial charge is 0.330 e. The van der Waals surface area contributed by atoms with Crippen LogP contribution in [0.25, 0.3) is 10.6 Å². The van der Waals surface area contributed by atoms with E-state index in [1.165, 1.54) is 23.0 Å². The molecule has 9 heteroatoms. The molecule has 0 saturated carbocycles. The van der Waals surface area contributed by atoms with Crippen LogP contribution >= 0.6 is 11.3 Å². The number of nitrogens with one attached hydrogen (secondary N) is 1. The third-order valence-electron chi connectivity index (χ3n) is 4.33. The van der Waals surface area contributed by atoms with E-state index in [2.05, 4.69) is 9.97 Å². The Morgan fingerprint density at radius 2 is 2.00 bits per heavy atom. The van der Waals surface area contributed by atoms with Crippen LogP contribution in [0.2, 0.25) is 0 Å². The third kappa shape index (κ3) is 3.74. The summed E-state index contributed by atoms with van der Waals surface area (Å²) in [4.78, 5) is 45.0. The number of H-pyrrole nitrogens is 1. The first-order valence-corrected chi connectivity index (χ1v) is 9.73. The number of nitrogens with two attached hydrogens (primary N) is 1. The minimum Gasteiger partial charge on any atom is -0.383 e. The van der Waals surface area contributed by atoms with Crippen molar-refractivity contribution in [1.82, 2.24) is 14.5 Å². The Labute approximate surface area is 165 Å². The van der Waals surface area contributed by atoms with Crippen molar-refractivity contribution in [2.45, 2.75) is 26.3 Å². The van der Waals surface area contributed by atoms with Gasteiger partial charge in [0.05, 0.1) is 0 Å². The summed E-state index contributed by atoms with van der Waals surface area (Å²) >= 11 is 1.34. The lowest BCUT2D eigenvalue weighted by Crippen LogP contribution is -2.39. The Hall–Kier alpha value is -3.20. The molecule has 0 radical (unpaired) electrons. The second-order valence-corrected chi connectivity index (χ2v) is 7.12. The van der Waals surface area contributed by atoms with Gasteiger partial charge in [0.15, 0.2) is 5.69 Å². The van der Waals surface area contributed by atoms with Crippen LogP contribution in [0.15, 0.2) is 45.3 Å². The van der Waals surface area contributed by atoms with E-state index >= 15 is 0 Å². The monoisotopic (exact) mass is 399 g/mol. The summed E-state index contributed by atoms with van der Waals surface area (Å²) in [7, 11) is 1.44. The van der Waals surface area contributed by atoms with Crippen molar-refractivity contribution in [2.24, 2.45) is 0 Å². The summed E-state index contributed by atoms with van der Waals surface area (Å²) < 4.78 is 1.28. The lowest BCUT2D eigenvalue weighted by atomic mass is 10.2. The quantitative estimate of drug-likeness (QED) is 0.660. The summed E-state index contributed by atoms with van der Waals surface area (Å²) in [6.45, 7) is 2.35. The minimum atomic E-state index is -0.704. The molecule has 8 nitrogen and oxygen atoms in total. The predicted molar refractivity (Wildman–Crippen MR) is 111 cm³/mol. The van der Waals surface area contributed by atoms with Crippen LogP contribution in [0.5, 0.6) is 0 Å². The molecule has 0 atom stereocenters. The second-order valence-electron chi connectivity index (χ2n) is 6.27. The second kappa shape index (κ2) is 8.22. The van der Waals surface area contributed by atoms with Gasteiger partial charge in [0.1, 0.15) is 16.5 Å². The molecule has 146 valence electrons. The van der Waals surface area contributed by atoms with Crippen LogP contribution in [-0.2, 0) is 6.54 Å². The maximum absolute atomic E-state index is 12.9. The molecule has 3 N–H and O–H groups in total. The van der Waals surface area contributed by atoms with E-state index in [9.17, 15) is 14.4 Å². The van der Waals surface area contributed by atoms with E-state index in [0.717, 1.165) is 23.3 Å². The summed E-state index contributed by atoms with van der Waals surface area (Å²) in [6, 6.07) is 9.50. The van der Waals surface area contributed by atoms with Gasteiger partial charge in [-0.25, -0.2) is 9.78 Å². The number of aromatic nitrogens is 3. The first kappa shape index (κ1) is 19.6. The summed E-state index contributed by atoms with van der Waals surface area (Å²) in [5.74, 6) is -0.507. The van der Waals surface area contributed by atoms with Gasteiger partial charge >= 0.3 is 5.69 Å². The average molecular weight is 399 g/mol. The van der Waals surface area contributed by atoms with Gasteiger partial charge in [0.25, 0.3) is 11.5 Å². The van der Waals surface area contributed by atoms with E-state index < -0.39 is 17.2 Å². The Morgan fingerprint density at radius 3 is 2.68 bits per heavy atom. The van der Waals surface area contributed by atoms with Gasteiger partial charge in [-0.15, -0.1) is 11.3 Å². The molecule has 0 aliphatic carbocycles. The molecule has 1 aromatic carbocycles. The highest BCUT2D eigenvalue weighted by atomic mass is 32.1. The zero-order chi connectivity index (χ0) is 20.3. The van der Waals surface area contributed by atoms with Crippen molar-refractivity contribution in [3.05, 3.63) is 62.2 Å². The summed E-state index contributed by atoms with van der Waals surface area (Å²) in [6.07, 6.45) is 1.58. The van der Waals surface area contributed by atoms with Crippen molar-refractivity contribution in [3.8, 4) is 10.6 Å². The fourth-order valence-electron chi connectivity index (χ4n) is 2.80. The van der Waals surface area contributed by atoms with Crippen LogP contribution in [-0.4, -0.2) is 27.5 Å². The number of carbonyl (C=O) groups is 1. The number of benzene rings is 1. The topological polar surface area (TPSA) is 114 Å². The Bertz CT molecular complexity index is 1100. The largest absolute Gasteiger partial charge is 0.383 e. The summed E-state index contributed by atoms with van der Waals surface area (Å²) in [5, 5.41) is 2.34. The highest BCUT2D eigenvalue weighted by molar-refractivity contribution is 7.13. The molecule has 2 aromatic heterocycles. The van der Waals surface area contributed by atoms with Crippen molar-refractivity contribution in [2.75, 3.05) is 17.7 Å². The number of nitrogen functional groups attached to an aromatic ring is 1. The molecule has 1 amide bonds. The number of aromatic amines is 1. The van der Waals surface area contributed by atoms with Crippen molar-refractivity contribution in [3.63, 3.8) is 0 Å². The highest BCUT2D eigenvalue weighted by Gasteiger charge is 2.23. The van der Waals surface area contributed by atoms with Crippen LogP contribution in [0.3, 0.4) is 0 Å². The molecule has 0 aliphatic rings. The lowest BCUT2D eigenvalue weighted by molar-refractivity contribution is 0.0988. The molecular weight excluding hydrogens is 378 g/mol. The molecule has 0 aliphatic heterocycles. The molecular formula is C19H21N5O3S. The standard InChI is InChI=1S/C19H21N5O3S/c1-3-4-10-24-15(20)14(16(25)22-19(24)27)23(2)18(26)13-11-28-17(21-13)12-8-6-5-7-9-12/h5-9,11H,3-4,10,20H2,1-2H3,(H,22,25,27). The highest BCUT2D eigenvalue weighted by Crippen LogP contribution is 2.25. The van der Waals surface area contributed by atoms with E-state index in [4.69, 9.17) is 5.73 Å². The van der Waals surface area contributed by atoms with Gasteiger partial charge in [-0.05, 0) is 6.42 Å². The number of amides is 1. The number of carbonyl (C=O) groups excluding carboxylic acids is 1. The average Bonchev–Trinajstić information content (AvgIpc) is 3.18. The number of hydrogen-bond donors (Lipinski definition) is 2. The molecule has 3 rings (SSSR count). The zero-order valence-corrected chi connectivity index (χ0v) is 16.5. The van der Waals surface area contributed by atoms with Crippen LogP contribution in [0, 0.1) is 0 Å². The number of anilines is 2. The van der Waals surface area contributed by atoms with Crippen molar-refractivity contribution in [1.29, 1.82) is 0 Å². The number of unbranched alkanes of at least 4 members (excludes halogenated alkanes) is 1. The fourth-order valence-corrected chi connectivity index (χ4v) is 3.60. The van der Waals surface area contributed by atoms with E-state index in [0.29, 0.717) is 11.6 Å². The fraction of sp³-hybridized carbons (Fsp3) is 0.263. The first-order chi connectivity index (χ1) is 13.4. The number of rotatable bonds is 6. The van der Waals surface area contributed by atoms with Gasteiger partial charge < -0.3 is 10.6 Å². The number of thiazole rings is 1. The van der Waals surface area contributed by atoms with Gasteiger partial charge in [0.2, 0.25) is 0 Å². The normalized spacial score (nSPS) is 10.8. The van der Waals surface area contributed by atoms with E-state index in [-0.39, 0.29) is 17.2 Å². The number of nitrogens with zero attached hydrogens (tertiary/aromatic N) is 3. The van der Waals surface area contributed by atoms with Crippen molar-refractivity contribution < 1.29 is 4.79 Å². The molecule has 3 aromatic rings. The van der Waals surface area contributed by atoms with Crippen LogP contribution in [0.1, 0.15) is 30.3 Å². The maximum Gasteiger partial charge on any atom is 0.330 e.